The van der Waals surface area contributed by atoms with Crippen LogP contribution in [0, 0.1) is 0 Å². The third-order valence-electron chi connectivity index (χ3n) is 4.51. The molecule has 2 rings (SSSR count). The molecule has 0 saturated carbocycles. The summed E-state index contributed by atoms with van der Waals surface area (Å²) in [4.78, 5) is 0. The maximum Gasteiger partial charge on any atom is 0.0722 e. The Balaban J connectivity index is 1.99. The second-order valence-corrected chi connectivity index (χ2v) is 6.03. The van der Waals surface area contributed by atoms with E-state index in [9.17, 15) is 0 Å². The van der Waals surface area contributed by atoms with E-state index in [1.54, 1.807) is 0 Å². The fourth-order valence-corrected chi connectivity index (χ4v) is 2.99. The van der Waals surface area contributed by atoms with Crippen molar-refractivity contribution in [3.8, 4) is 0 Å². The summed E-state index contributed by atoms with van der Waals surface area (Å²) in [5.41, 5.74) is 5.19. The lowest BCUT2D eigenvalue weighted by Gasteiger charge is -2.45. The van der Waals surface area contributed by atoms with Crippen molar-refractivity contribution in [3.05, 3.63) is 24.2 Å². The Labute approximate surface area is 134 Å². The Hall–Kier alpha value is -1.53. The van der Waals surface area contributed by atoms with E-state index in [-0.39, 0.29) is 0 Å². The van der Waals surface area contributed by atoms with E-state index in [4.69, 9.17) is 0 Å². The second-order valence-electron chi connectivity index (χ2n) is 6.03. The lowest BCUT2D eigenvalue weighted by atomic mass is 10.0. The average Bonchev–Trinajstić information content (AvgIpc) is 2.55. The summed E-state index contributed by atoms with van der Waals surface area (Å²) in [5.74, 6) is 0. The molecular weight excluding hydrogens is 276 g/mol. The molecule has 0 bridgehead atoms. The molecule has 3 N–H and O–H groups in total. The van der Waals surface area contributed by atoms with Crippen molar-refractivity contribution in [2.24, 2.45) is 5.10 Å². The van der Waals surface area contributed by atoms with Gasteiger partial charge in [-0.25, -0.2) is 5.01 Å². The van der Waals surface area contributed by atoms with Crippen molar-refractivity contribution in [2.45, 2.75) is 45.2 Å². The number of hydrazone groups is 1. The zero-order valence-electron chi connectivity index (χ0n) is 14.3. The maximum atomic E-state index is 4.50. The minimum Gasteiger partial charge on any atom is -0.390 e. The molecule has 2 heterocycles. The molecule has 2 aliphatic rings. The van der Waals surface area contributed by atoms with Gasteiger partial charge in [-0.1, -0.05) is 6.08 Å². The van der Waals surface area contributed by atoms with Crippen LogP contribution in [0.5, 0.6) is 0 Å². The molecule has 0 aromatic heterocycles. The van der Waals surface area contributed by atoms with Crippen LogP contribution in [0.25, 0.3) is 0 Å². The Morgan fingerprint density at radius 3 is 2.73 bits per heavy atom. The molecule has 0 radical (unpaired) electrons. The first kappa shape index (κ1) is 16.8. The third-order valence-corrected chi connectivity index (χ3v) is 4.51. The van der Waals surface area contributed by atoms with Crippen LogP contribution < -0.4 is 16.1 Å². The summed E-state index contributed by atoms with van der Waals surface area (Å²) >= 11 is 0. The van der Waals surface area contributed by atoms with Gasteiger partial charge in [0, 0.05) is 38.2 Å². The van der Waals surface area contributed by atoms with E-state index < -0.39 is 0 Å². The number of piperidine rings is 1. The van der Waals surface area contributed by atoms with Gasteiger partial charge in [-0.2, -0.15) is 5.10 Å². The molecule has 1 fully saturated rings. The highest BCUT2D eigenvalue weighted by molar-refractivity contribution is 5.87. The van der Waals surface area contributed by atoms with Crippen molar-refractivity contribution in [1.82, 2.24) is 26.1 Å². The lowest BCUT2D eigenvalue weighted by Crippen LogP contribution is -2.54. The maximum absolute atomic E-state index is 4.50. The van der Waals surface area contributed by atoms with Crippen LogP contribution in [-0.2, 0) is 0 Å². The highest BCUT2D eigenvalue weighted by atomic mass is 15.6. The van der Waals surface area contributed by atoms with Crippen LogP contribution in [0.1, 0.15) is 33.1 Å². The molecule has 124 valence electrons. The first-order valence-corrected chi connectivity index (χ1v) is 8.16. The van der Waals surface area contributed by atoms with Gasteiger partial charge in [0.2, 0.25) is 0 Å². The summed E-state index contributed by atoms with van der Waals surface area (Å²) in [7, 11) is 4.07. The van der Waals surface area contributed by atoms with Crippen molar-refractivity contribution < 1.29 is 0 Å². The number of rotatable bonds is 5. The second kappa shape index (κ2) is 8.19. The third kappa shape index (κ3) is 4.24. The number of allylic oxidation sites excluding steroid dienone is 1. The molecule has 1 saturated heterocycles. The Morgan fingerprint density at radius 1 is 1.32 bits per heavy atom. The molecule has 6 heteroatoms. The van der Waals surface area contributed by atoms with Gasteiger partial charge in [-0.3, -0.25) is 5.43 Å². The molecule has 0 spiro atoms. The minimum absolute atomic E-state index is 0.315. The van der Waals surface area contributed by atoms with Gasteiger partial charge in [0.05, 0.1) is 11.8 Å². The number of hydrogen-bond donors (Lipinski definition) is 3. The van der Waals surface area contributed by atoms with E-state index in [2.05, 4.69) is 57.4 Å². The van der Waals surface area contributed by atoms with Crippen molar-refractivity contribution in [1.29, 1.82) is 0 Å². The Morgan fingerprint density at radius 2 is 2.05 bits per heavy atom. The number of hydrogen-bond acceptors (Lipinski definition) is 6. The van der Waals surface area contributed by atoms with Gasteiger partial charge in [-0.15, -0.1) is 0 Å². The van der Waals surface area contributed by atoms with Gasteiger partial charge in [0.1, 0.15) is 0 Å². The van der Waals surface area contributed by atoms with Crippen molar-refractivity contribution >= 4 is 5.71 Å². The molecule has 0 aromatic carbocycles. The summed E-state index contributed by atoms with van der Waals surface area (Å²) in [6.45, 7) is 6.31. The Bertz CT molecular complexity index is 436. The normalized spacial score (nSPS) is 25.5. The van der Waals surface area contributed by atoms with Gasteiger partial charge in [0.25, 0.3) is 0 Å². The van der Waals surface area contributed by atoms with E-state index >= 15 is 0 Å². The van der Waals surface area contributed by atoms with Gasteiger partial charge < -0.3 is 15.6 Å². The highest BCUT2D eigenvalue weighted by Crippen LogP contribution is 2.22. The van der Waals surface area contributed by atoms with Crippen molar-refractivity contribution in [3.63, 3.8) is 0 Å². The first-order chi connectivity index (χ1) is 10.6. The molecule has 1 atom stereocenters. The van der Waals surface area contributed by atoms with Crippen LogP contribution in [0.15, 0.2) is 29.3 Å². The summed E-state index contributed by atoms with van der Waals surface area (Å²) in [6, 6.07) is 0.910. The largest absolute Gasteiger partial charge is 0.390 e. The van der Waals surface area contributed by atoms with Crippen LogP contribution in [0.2, 0.25) is 0 Å². The molecule has 22 heavy (non-hydrogen) atoms. The highest BCUT2D eigenvalue weighted by Gasteiger charge is 2.29. The predicted molar refractivity (Wildman–Crippen MR) is 92.1 cm³/mol. The van der Waals surface area contributed by atoms with E-state index in [1.165, 1.54) is 12.8 Å². The topological polar surface area (TPSA) is 54.9 Å². The first-order valence-electron chi connectivity index (χ1n) is 8.16. The minimum atomic E-state index is 0.315. The fourth-order valence-electron chi connectivity index (χ4n) is 2.99. The van der Waals surface area contributed by atoms with E-state index in [1.807, 2.05) is 20.2 Å². The molecule has 0 amide bonds. The van der Waals surface area contributed by atoms with Crippen LogP contribution >= 0.6 is 0 Å². The fraction of sp³-hybridized carbons (Fsp3) is 0.688. The van der Waals surface area contributed by atoms with E-state index in [0.29, 0.717) is 12.1 Å². The smallest absolute Gasteiger partial charge is 0.0722 e. The van der Waals surface area contributed by atoms with Crippen molar-refractivity contribution in [2.75, 3.05) is 27.2 Å². The predicted octanol–water partition coefficient (Wildman–Crippen LogP) is 1.22. The van der Waals surface area contributed by atoms with Crippen LogP contribution in [-0.4, -0.2) is 55.0 Å². The standard InChI is InChI=1S/C16H30N6/c1-13(17-3)12-19-20-14(2)16-6-5-11-22(21(16)4)15-7-9-18-10-8-15/h5,11-12,15-19H,6-10H2,1-4H3/b13-12-,20-14?/t16-/m1/s1. The molecule has 0 unspecified atom stereocenters. The Kier molecular flexibility index (Phi) is 6.27. The molecular formula is C16H30N6. The van der Waals surface area contributed by atoms with Crippen LogP contribution in [0.4, 0.5) is 0 Å². The van der Waals surface area contributed by atoms with Gasteiger partial charge >= 0.3 is 0 Å². The van der Waals surface area contributed by atoms with Crippen LogP contribution in [0.3, 0.4) is 0 Å². The monoisotopic (exact) mass is 306 g/mol. The zero-order chi connectivity index (χ0) is 15.9. The molecule has 6 nitrogen and oxygen atoms in total. The quantitative estimate of drug-likeness (QED) is 0.527. The van der Waals surface area contributed by atoms with E-state index in [0.717, 1.165) is 30.9 Å². The number of hydrazine groups is 1. The lowest BCUT2D eigenvalue weighted by molar-refractivity contribution is -0.0255. The number of nitrogens with one attached hydrogen (secondary N) is 3. The molecule has 0 aromatic rings. The molecule has 0 aliphatic carbocycles. The summed E-state index contributed by atoms with van der Waals surface area (Å²) in [5, 5.41) is 15.7. The summed E-state index contributed by atoms with van der Waals surface area (Å²) in [6.07, 6.45) is 9.77. The summed E-state index contributed by atoms with van der Waals surface area (Å²) < 4.78 is 0. The SMILES string of the molecule is CN/C(C)=C\NN=C(C)[C@H]1CC=CN(C2CCNCC2)N1C. The average molecular weight is 306 g/mol. The van der Waals surface area contributed by atoms with Gasteiger partial charge in [-0.05, 0) is 46.2 Å². The number of nitrogens with zero attached hydrogens (tertiary/aromatic N) is 3. The zero-order valence-corrected chi connectivity index (χ0v) is 14.3. The van der Waals surface area contributed by atoms with Gasteiger partial charge in [0.15, 0.2) is 0 Å². The molecule has 2 aliphatic heterocycles.